The predicted molar refractivity (Wildman–Crippen MR) is 78.8 cm³/mol. The topological polar surface area (TPSA) is 71.1 Å². The van der Waals surface area contributed by atoms with Gasteiger partial charge < -0.3 is 5.32 Å². The Morgan fingerprint density at radius 1 is 1.14 bits per heavy atom. The summed E-state index contributed by atoms with van der Waals surface area (Å²) < 4.78 is 39.4. The highest BCUT2D eigenvalue weighted by Gasteiger charge is 2.15. The van der Waals surface area contributed by atoms with Crippen LogP contribution in [0, 0.1) is 5.82 Å². The molecule has 1 heterocycles. The molecule has 0 aliphatic heterocycles. The monoisotopic (exact) mass is 309 g/mol. The van der Waals surface area contributed by atoms with Gasteiger partial charge in [-0.2, -0.15) is 8.42 Å². The largest absolute Gasteiger partial charge is 0.313 e. The molecule has 0 radical (unpaired) electrons. The summed E-state index contributed by atoms with van der Waals surface area (Å²) in [5, 5.41) is 3.05. The summed E-state index contributed by atoms with van der Waals surface area (Å²) in [6, 6.07) is 8.22. The number of rotatable bonds is 6. The fourth-order valence-electron chi connectivity index (χ4n) is 1.67. The molecule has 2 aromatic rings. The second kappa shape index (κ2) is 6.64. The Morgan fingerprint density at radius 3 is 2.43 bits per heavy atom. The van der Waals surface area contributed by atoms with Crippen molar-refractivity contribution >= 4 is 15.7 Å². The maximum atomic E-state index is 12.8. The van der Waals surface area contributed by atoms with Gasteiger partial charge in [0.15, 0.2) is 5.03 Å². The first-order valence-electron chi connectivity index (χ1n) is 6.45. The SMILES string of the molecule is CCNCc1ccc(S(=O)(=O)Nc2ccc(F)cc2)nc1. The van der Waals surface area contributed by atoms with E-state index in [-0.39, 0.29) is 10.7 Å². The maximum Gasteiger partial charge on any atom is 0.279 e. The van der Waals surface area contributed by atoms with Crippen LogP contribution >= 0.6 is 0 Å². The number of nitrogens with one attached hydrogen (secondary N) is 2. The van der Waals surface area contributed by atoms with Crippen molar-refractivity contribution in [2.75, 3.05) is 11.3 Å². The molecule has 5 nitrogen and oxygen atoms in total. The van der Waals surface area contributed by atoms with Crippen molar-refractivity contribution < 1.29 is 12.8 Å². The number of pyridine rings is 1. The highest BCUT2D eigenvalue weighted by atomic mass is 32.2. The van der Waals surface area contributed by atoms with Gasteiger partial charge in [-0.15, -0.1) is 0 Å². The Morgan fingerprint density at radius 2 is 1.86 bits per heavy atom. The number of aromatic nitrogens is 1. The van der Waals surface area contributed by atoms with Crippen molar-refractivity contribution in [1.82, 2.24) is 10.3 Å². The van der Waals surface area contributed by atoms with E-state index in [4.69, 9.17) is 0 Å². The zero-order valence-corrected chi connectivity index (χ0v) is 12.3. The molecule has 1 aromatic heterocycles. The van der Waals surface area contributed by atoms with Crippen LogP contribution in [0.25, 0.3) is 0 Å². The standard InChI is InChI=1S/C14H16FN3O2S/c1-2-16-9-11-3-8-14(17-10-11)21(19,20)18-13-6-4-12(15)5-7-13/h3-8,10,16,18H,2,9H2,1H3. The molecule has 21 heavy (non-hydrogen) atoms. The Hall–Kier alpha value is -1.99. The zero-order valence-electron chi connectivity index (χ0n) is 11.5. The van der Waals surface area contributed by atoms with Crippen LogP contribution < -0.4 is 10.0 Å². The minimum absolute atomic E-state index is 0.0768. The fourth-order valence-corrected chi connectivity index (χ4v) is 2.66. The lowest BCUT2D eigenvalue weighted by molar-refractivity contribution is 0.597. The van der Waals surface area contributed by atoms with E-state index in [2.05, 4.69) is 15.0 Å². The van der Waals surface area contributed by atoms with Crippen LogP contribution in [0.2, 0.25) is 0 Å². The molecule has 112 valence electrons. The molecular formula is C14H16FN3O2S. The first-order chi connectivity index (χ1) is 10.0. The Bertz CT molecular complexity index is 685. The molecule has 0 aliphatic rings. The number of halogens is 1. The van der Waals surface area contributed by atoms with Gasteiger partial charge in [-0.25, -0.2) is 9.37 Å². The second-order valence-electron chi connectivity index (χ2n) is 4.40. The molecule has 0 bridgehead atoms. The van der Waals surface area contributed by atoms with Gasteiger partial charge in [0, 0.05) is 18.4 Å². The van der Waals surface area contributed by atoms with Gasteiger partial charge >= 0.3 is 0 Å². The van der Waals surface area contributed by atoms with E-state index >= 15 is 0 Å². The predicted octanol–water partition coefficient (Wildman–Crippen LogP) is 2.13. The third-order valence-corrected chi connectivity index (χ3v) is 4.05. The van der Waals surface area contributed by atoms with E-state index in [0.29, 0.717) is 6.54 Å². The van der Waals surface area contributed by atoms with Crippen molar-refractivity contribution in [3.63, 3.8) is 0 Å². The Balaban J connectivity index is 2.13. The minimum atomic E-state index is -3.77. The molecule has 0 amide bonds. The van der Waals surface area contributed by atoms with Crippen molar-refractivity contribution in [2.45, 2.75) is 18.5 Å². The van der Waals surface area contributed by atoms with E-state index in [1.54, 1.807) is 6.07 Å². The molecule has 0 fully saturated rings. The lowest BCUT2D eigenvalue weighted by atomic mass is 10.3. The summed E-state index contributed by atoms with van der Waals surface area (Å²) >= 11 is 0. The molecule has 0 saturated heterocycles. The molecular weight excluding hydrogens is 293 g/mol. The summed E-state index contributed by atoms with van der Waals surface area (Å²) in [5.41, 5.74) is 1.19. The summed E-state index contributed by atoms with van der Waals surface area (Å²) in [6.07, 6.45) is 1.52. The molecule has 2 N–H and O–H groups in total. The van der Waals surface area contributed by atoms with E-state index < -0.39 is 15.8 Å². The molecule has 0 aliphatic carbocycles. The number of hydrogen-bond acceptors (Lipinski definition) is 4. The lowest BCUT2D eigenvalue weighted by Gasteiger charge is -2.08. The highest BCUT2D eigenvalue weighted by molar-refractivity contribution is 7.92. The normalized spacial score (nSPS) is 11.3. The summed E-state index contributed by atoms with van der Waals surface area (Å²) in [5.74, 6) is -0.427. The zero-order chi connectivity index (χ0) is 15.3. The molecule has 2 rings (SSSR count). The van der Waals surface area contributed by atoms with Crippen LogP contribution in [-0.2, 0) is 16.6 Å². The average Bonchev–Trinajstić information content (AvgIpc) is 2.48. The van der Waals surface area contributed by atoms with Gasteiger partial charge in [0.25, 0.3) is 10.0 Å². The number of hydrogen-bond donors (Lipinski definition) is 2. The summed E-state index contributed by atoms with van der Waals surface area (Å²) in [6.45, 7) is 3.44. The maximum absolute atomic E-state index is 12.8. The van der Waals surface area contributed by atoms with Gasteiger partial charge in [0.05, 0.1) is 0 Å². The first kappa shape index (κ1) is 15.4. The van der Waals surface area contributed by atoms with Gasteiger partial charge in [-0.05, 0) is 42.4 Å². The Kier molecular flexibility index (Phi) is 4.87. The van der Waals surface area contributed by atoms with Crippen molar-refractivity contribution in [2.24, 2.45) is 0 Å². The van der Waals surface area contributed by atoms with Gasteiger partial charge in [-0.1, -0.05) is 13.0 Å². The molecule has 0 unspecified atom stereocenters. The number of benzene rings is 1. The third-order valence-electron chi connectivity index (χ3n) is 2.75. The molecule has 7 heteroatoms. The number of nitrogens with zero attached hydrogens (tertiary/aromatic N) is 1. The average molecular weight is 309 g/mol. The van der Waals surface area contributed by atoms with Crippen molar-refractivity contribution in [3.8, 4) is 0 Å². The van der Waals surface area contributed by atoms with Crippen LogP contribution in [-0.4, -0.2) is 19.9 Å². The Labute approximate surface area is 123 Å². The van der Waals surface area contributed by atoms with E-state index in [1.165, 1.54) is 36.5 Å². The highest BCUT2D eigenvalue weighted by Crippen LogP contribution is 2.15. The van der Waals surface area contributed by atoms with E-state index in [1.807, 2.05) is 6.92 Å². The molecule has 0 saturated carbocycles. The van der Waals surface area contributed by atoms with Crippen LogP contribution in [0.3, 0.4) is 0 Å². The van der Waals surface area contributed by atoms with Gasteiger partial charge in [-0.3, -0.25) is 4.72 Å². The first-order valence-corrected chi connectivity index (χ1v) is 7.93. The van der Waals surface area contributed by atoms with Crippen molar-refractivity contribution in [1.29, 1.82) is 0 Å². The van der Waals surface area contributed by atoms with Crippen LogP contribution in [0.4, 0.5) is 10.1 Å². The van der Waals surface area contributed by atoms with Gasteiger partial charge in [0.1, 0.15) is 5.82 Å². The van der Waals surface area contributed by atoms with E-state index in [0.717, 1.165) is 12.1 Å². The van der Waals surface area contributed by atoms with Crippen LogP contribution in [0.15, 0.2) is 47.6 Å². The molecule has 0 spiro atoms. The number of anilines is 1. The second-order valence-corrected chi connectivity index (χ2v) is 6.03. The van der Waals surface area contributed by atoms with Crippen LogP contribution in [0.1, 0.15) is 12.5 Å². The summed E-state index contributed by atoms with van der Waals surface area (Å²) in [7, 11) is -3.77. The fraction of sp³-hybridized carbons (Fsp3) is 0.214. The number of sulfonamides is 1. The lowest BCUT2D eigenvalue weighted by Crippen LogP contribution is -2.15. The minimum Gasteiger partial charge on any atom is -0.313 e. The quantitative estimate of drug-likeness (QED) is 0.857. The molecule has 0 atom stereocenters. The van der Waals surface area contributed by atoms with E-state index in [9.17, 15) is 12.8 Å². The van der Waals surface area contributed by atoms with Gasteiger partial charge in [0.2, 0.25) is 0 Å². The third kappa shape index (κ3) is 4.24. The van der Waals surface area contributed by atoms with Crippen molar-refractivity contribution in [3.05, 3.63) is 54.0 Å². The summed E-state index contributed by atoms with van der Waals surface area (Å²) in [4.78, 5) is 3.95. The van der Waals surface area contributed by atoms with Crippen LogP contribution in [0.5, 0.6) is 0 Å². The molecule has 1 aromatic carbocycles. The smallest absolute Gasteiger partial charge is 0.279 e.